The number of aliphatic hydroxyl groups is 1. The second kappa shape index (κ2) is 8.39. The van der Waals surface area contributed by atoms with Crippen molar-refractivity contribution in [1.82, 2.24) is 9.97 Å². The van der Waals surface area contributed by atoms with Gasteiger partial charge in [-0.3, -0.25) is 10.1 Å². The van der Waals surface area contributed by atoms with Crippen LogP contribution in [0.2, 0.25) is 0 Å². The molecule has 1 aromatic heterocycles. The zero-order chi connectivity index (χ0) is 18.4. The van der Waals surface area contributed by atoms with Crippen LogP contribution in [0.4, 0.5) is 11.5 Å². The minimum absolute atomic E-state index is 0.122. The summed E-state index contributed by atoms with van der Waals surface area (Å²) in [4.78, 5) is 20.5. The summed E-state index contributed by atoms with van der Waals surface area (Å²) < 4.78 is 5.64. The summed E-state index contributed by atoms with van der Waals surface area (Å²) in [6, 6.07) is 7.34. The molecule has 8 nitrogen and oxygen atoms in total. The Morgan fingerprint density at radius 1 is 1.28 bits per heavy atom. The monoisotopic (exact) mass is 346 g/mol. The van der Waals surface area contributed by atoms with Crippen LogP contribution in [0.5, 0.6) is 11.6 Å². The zero-order valence-electron chi connectivity index (χ0n) is 14.5. The Balaban J connectivity index is 2.38. The van der Waals surface area contributed by atoms with Gasteiger partial charge in [0.2, 0.25) is 5.82 Å². The number of rotatable bonds is 8. The lowest BCUT2D eigenvalue weighted by atomic mass is 10.0. The van der Waals surface area contributed by atoms with Gasteiger partial charge in [0.25, 0.3) is 0 Å². The molecule has 134 valence electrons. The molecule has 2 aromatic rings. The van der Waals surface area contributed by atoms with E-state index in [1.54, 1.807) is 17.0 Å². The van der Waals surface area contributed by atoms with Crippen LogP contribution in [-0.4, -0.2) is 39.7 Å². The highest BCUT2D eigenvalue weighted by Crippen LogP contribution is 2.36. The lowest BCUT2D eigenvalue weighted by Gasteiger charge is -2.20. The fraction of sp³-hybridized carbons (Fsp3) is 0.412. The van der Waals surface area contributed by atoms with Crippen molar-refractivity contribution in [2.24, 2.45) is 0 Å². The second-order valence-corrected chi connectivity index (χ2v) is 5.74. The van der Waals surface area contributed by atoms with Gasteiger partial charge in [-0.25, -0.2) is 4.98 Å². The maximum atomic E-state index is 11.6. The van der Waals surface area contributed by atoms with Crippen molar-refractivity contribution >= 4 is 11.5 Å². The average molecular weight is 346 g/mol. The number of hydrogen-bond acceptors (Lipinski definition) is 7. The van der Waals surface area contributed by atoms with Gasteiger partial charge in [0.05, 0.1) is 11.5 Å². The molecule has 1 heterocycles. The summed E-state index contributed by atoms with van der Waals surface area (Å²) in [6.07, 6.45) is 1.22. The Labute approximate surface area is 146 Å². The van der Waals surface area contributed by atoms with E-state index in [9.17, 15) is 10.1 Å². The zero-order valence-corrected chi connectivity index (χ0v) is 14.5. The van der Waals surface area contributed by atoms with E-state index in [-0.39, 0.29) is 30.5 Å². The lowest BCUT2D eigenvalue weighted by molar-refractivity contribution is -0.385. The predicted molar refractivity (Wildman–Crippen MR) is 94.3 cm³/mol. The molecular formula is C17H22N4O4. The summed E-state index contributed by atoms with van der Waals surface area (Å²) in [6.45, 7) is 6.54. The first-order valence-electron chi connectivity index (χ1n) is 8.10. The molecule has 0 saturated carbocycles. The van der Waals surface area contributed by atoms with Crippen molar-refractivity contribution in [3.8, 4) is 11.6 Å². The molecule has 0 radical (unpaired) electrons. The highest BCUT2D eigenvalue weighted by molar-refractivity contribution is 5.63. The van der Waals surface area contributed by atoms with Gasteiger partial charge in [0.1, 0.15) is 12.1 Å². The fourth-order valence-corrected chi connectivity index (χ4v) is 2.39. The van der Waals surface area contributed by atoms with Gasteiger partial charge in [-0.15, -0.1) is 0 Å². The topological polar surface area (TPSA) is 102 Å². The van der Waals surface area contributed by atoms with E-state index in [0.29, 0.717) is 18.2 Å². The minimum atomic E-state index is -0.562. The molecule has 2 rings (SSSR count). The van der Waals surface area contributed by atoms with Crippen LogP contribution in [0.1, 0.15) is 32.3 Å². The van der Waals surface area contributed by atoms with Gasteiger partial charge >= 0.3 is 11.6 Å². The minimum Gasteiger partial charge on any atom is -0.434 e. The largest absolute Gasteiger partial charge is 0.434 e. The molecule has 0 aliphatic rings. The number of benzene rings is 1. The second-order valence-electron chi connectivity index (χ2n) is 5.74. The first-order valence-corrected chi connectivity index (χ1v) is 8.10. The Morgan fingerprint density at radius 3 is 2.48 bits per heavy atom. The molecule has 0 aliphatic heterocycles. The molecule has 0 atom stereocenters. The molecule has 0 bridgehead atoms. The van der Waals surface area contributed by atoms with Crippen LogP contribution in [0.25, 0.3) is 0 Å². The normalized spacial score (nSPS) is 10.8. The first kappa shape index (κ1) is 18.6. The van der Waals surface area contributed by atoms with E-state index in [0.717, 1.165) is 5.56 Å². The lowest BCUT2D eigenvalue weighted by Crippen LogP contribution is -2.28. The number of ether oxygens (including phenoxy) is 1. The van der Waals surface area contributed by atoms with Crippen molar-refractivity contribution < 1.29 is 14.8 Å². The van der Waals surface area contributed by atoms with Gasteiger partial charge in [-0.1, -0.05) is 26.0 Å². The third kappa shape index (κ3) is 4.42. The first-order chi connectivity index (χ1) is 12.0. The number of nitro groups is 1. The van der Waals surface area contributed by atoms with Crippen LogP contribution in [0, 0.1) is 10.1 Å². The van der Waals surface area contributed by atoms with Gasteiger partial charge in [0, 0.05) is 13.1 Å². The number of aliphatic hydroxyl groups excluding tert-OH is 1. The quantitative estimate of drug-likeness (QED) is 0.579. The highest BCUT2D eigenvalue weighted by Gasteiger charge is 2.28. The fourth-order valence-electron chi connectivity index (χ4n) is 2.39. The average Bonchev–Trinajstić information content (AvgIpc) is 2.59. The van der Waals surface area contributed by atoms with Gasteiger partial charge in [-0.2, -0.15) is 4.98 Å². The van der Waals surface area contributed by atoms with E-state index in [1.807, 2.05) is 19.1 Å². The molecule has 1 N–H and O–H groups in total. The van der Waals surface area contributed by atoms with E-state index >= 15 is 0 Å². The summed E-state index contributed by atoms with van der Waals surface area (Å²) in [5.74, 6) is 0.849. The third-order valence-electron chi connectivity index (χ3n) is 3.76. The number of likely N-dealkylation sites (N-methyl/N-ethyl adjacent to an activating group) is 1. The van der Waals surface area contributed by atoms with Crippen molar-refractivity contribution in [2.45, 2.75) is 26.7 Å². The van der Waals surface area contributed by atoms with E-state index in [4.69, 9.17) is 9.84 Å². The molecule has 1 aromatic carbocycles. The van der Waals surface area contributed by atoms with E-state index in [2.05, 4.69) is 23.8 Å². The summed E-state index contributed by atoms with van der Waals surface area (Å²) >= 11 is 0. The molecule has 0 spiro atoms. The number of hydrogen-bond donors (Lipinski definition) is 1. The molecule has 8 heteroatoms. The smallest absolute Gasteiger partial charge is 0.373 e. The summed E-state index contributed by atoms with van der Waals surface area (Å²) in [7, 11) is 0. The molecule has 0 unspecified atom stereocenters. The van der Waals surface area contributed by atoms with Crippen molar-refractivity contribution in [3.63, 3.8) is 0 Å². The van der Waals surface area contributed by atoms with E-state index < -0.39 is 4.92 Å². The summed E-state index contributed by atoms with van der Waals surface area (Å²) in [5.41, 5.74) is 0.830. The van der Waals surface area contributed by atoms with E-state index in [1.165, 1.54) is 6.33 Å². The molecular weight excluding hydrogens is 324 g/mol. The molecule has 0 saturated heterocycles. The molecule has 0 aliphatic carbocycles. The van der Waals surface area contributed by atoms with Gasteiger partial charge < -0.3 is 14.7 Å². The maximum absolute atomic E-state index is 11.6. The number of nitrogens with zero attached hydrogens (tertiary/aromatic N) is 4. The highest BCUT2D eigenvalue weighted by atomic mass is 16.6. The number of aromatic nitrogens is 2. The van der Waals surface area contributed by atoms with Crippen molar-refractivity contribution in [2.75, 3.05) is 24.6 Å². The standard InChI is InChI=1S/C17H22N4O4/c1-4-20(9-10-22)16-15(21(23)24)17(19-11-18-16)25-14-7-5-13(6-8-14)12(2)3/h5-8,11-12,22H,4,9-10H2,1-3H3. The SMILES string of the molecule is CCN(CCO)c1ncnc(Oc2ccc(C(C)C)cc2)c1[N+](=O)[O-]. The Bertz CT molecular complexity index is 719. The molecule has 0 fully saturated rings. The van der Waals surface area contributed by atoms with Crippen LogP contribution in [-0.2, 0) is 0 Å². The molecule has 25 heavy (non-hydrogen) atoms. The van der Waals surface area contributed by atoms with Crippen LogP contribution in [0.15, 0.2) is 30.6 Å². The van der Waals surface area contributed by atoms with Crippen molar-refractivity contribution in [3.05, 3.63) is 46.3 Å². The Kier molecular flexibility index (Phi) is 6.24. The number of anilines is 1. The van der Waals surface area contributed by atoms with Crippen LogP contribution in [0.3, 0.4) is 0 Å². The van der Waals surface area contributed by atoms with Gasteiger partial charge in [-0.05, 0) is 30.5 Å². The Hall–Kier alpha value is -2.74. The third-order valence-corrected chi connectivity index (χ3v) is 3.76. The molecule has 0 amide bonds. The summed E-state index contributed by atoms with van der Waals surface area (Å²) in [5, 5.41) is 20.7. The Morgan fingerprint density at radius 2 is 1.96 bits per heavy atom. The maximum Gasteiger partial charge on any atom is 0.373 e. The van der Waals surface area contributed by atoms with Crippen LogP contribution >= 0.6 is 0 Å². The van der Waals surface area contributed by atoms with Crippen LogP contribution < -0.4 is 9.64 Å². The predicted octanol–water partition coefficient (Wildman–Crippen LogP) is 3.12. The van der Waals surface area contributed by atoms with Gasteiger partial charge in [0.15, 0.2) is 0 Å². The van der Waals surface area contributed by atoms with Crippen molar-refractivity contribution in [1.29, 1.82) is 0 Å².